The first-order chi connectivity index (χ1) is 9.77. The van der Waals surface area contributed by atoms with Gasteiger partial charge in [-0.1, -0.05) is 37.5 Å². The summed E-state index contributed by atoms with van der Waals surface area (Å²) in [5, 5.41) is 1.14. The molecule has 0 bridgehead atoms. The van der Waals surface area contributed by atoms with Crippen LogP contribution in [0.1, 0.15) is 49.8 Å². The largest absolute Gasteiger partial charge is 0.398 e. The molecule has 0 aliphatic heterocycles. The molecule has 2 aliphatic rings. The first-order valence-corrected chi connectivity index (χ1v) is 7.93. The lowest BCUT2D eigenvalue weighted by atomic mass is 9.64. The molecule has 1 aromatic heterocycles. The number of hydrogen-bond acceptors (Lipinski definition) is 2. The van der Waals surface area contributed by atoms with E-state index in [-0.39, 0.29) is 0 Å². The summed E-state index contributed by atoms with van der Waals surface area (Å²) in [6.07, 6.45) is 10.6. The van der Waals surface area contributed by atoms with E-state index < -0.39 is 0 Å². The molecule has 0 amide bonds. The van der Waals surface area contributed by atoms with E-state index >= 15 is 0 Å². The summed E-state index contributed by atoms with van der Waals surface area (Å²) in [5.74, 6) is 0. The molecule has 104 valence electrons. The van der Waals surface area contributed by atoms with Gasteiger partial charge in [-0.15, -0.1) is 0 Å². The first-order valence-electron chi connectivity index (χ1n) is 7.93. The second-order valence-corrected chi connectivity index (χ2v) is 6.71. The zero-order valence-corrected chi connectivity index (χ0v) is 12.0. The number of benzene rings is 1. The van der Waals surface area contributed by atoms with Crippen molar-refractivity contribution >= 4 is 16.6 Å². The molecule has 1 fully saturated rings. The highest BCUT2D eigenvalue weighted by Crippen LogP contribution is 2.47. The van der Waals surface area contributed by atoms with Crippen LogP contribution < -0.4 is 5.73 Å². The van der Waals surface area contributed by atoms with Crippen molar-refractivity contribution in [3.8, 4) is 0 Å². The Morgan fingerprint density at radius 3 is 2.65 bits per heavy atom. The average molecular weight is 266 g/mol. The van der Waals surface area contributed by atoms with Crippen LogP contribution in [0, 0.1) is 5.41 Å². The number of nitrogens with zero attached hydrogens (tertiary/aromatic N) is 1. The number of aryl methyl sites for hydroxylation is 1. The van der Waals surface area contributed by atoms with Gasteiger partial charge in [-0.3, -0.25) is 4.98 Å². The van der Waals surface area contributed by atoms with E-state index in [9.17, 15) is 0 Å². The smallest absolute Gasteiger partial charge is 0.0726 e. The van der Waals surface area contributed by atoms with Gasteiger partial charge >= 0.3 is 0 Å². The second kappa shape index (κ2) is 4.47. The summed E-state index contributed by atoms with van der Waals surface area (Å²) in [6.45, 7) is 0. The quantitative estimate of drug-likeness (QED) is 0.774. The maximum absolute atomic E-state index is 6.49. The number of rotatable bonds is 0. The van der Waals surface area contributed by atoms with Gasteiger partial charge in [0.1, 0.15) is 0 Å². The van der Waals surface area contributed by atoms with Crippen molar-refractivity contribution in [1.29, 1.82) is 0 Å². The van der Waals surface area contributed by atoms with Crippen LogP contribution in [0.4, 0.5) is 5.69 Å². The lowest BCUT2D eigenvalue weighted by Crippen LogP contribution is -2.32. The Morgan fingerprint density at radius 1 is 1.00 bits per heavy atom. The van der Waals surface area contributed by atoms with Crippen LogP contribution in [0.15, 0.2) is 24.3 Å². The van der Waals surface area contributed by atoms with Crippen molar-refractivity contribution in [1.82, 2.24) is 4.98 Å². The summed E-state index contributed by atoms with van der Waals surface area (Å²) in [7, 11) is 0. The first kappa shape index (κ1) is 12.2. The van der Waals surface area contributed by atoms with E-state index in [1.807, 2.05) is 6.07 Å². The number of para-hydroxylation sites is 1. The molecule has 0 atom stereocenters. The molecular formula is C18H22N2. The zero-order valence-electron chi connectivity index (χ0n) is 12.0. The third kappa shape index (κ3) is 1.81. The highest BCUT2D eigenvalue weighted by atomic mass is 14.7. The number of hydrogen-bond donors (Lipinski definition) is 1. The highest BCUT2D eigenvalue weighted by Gasteiger charge is 2.37. The molecule has 20 heavy (non-hydrogen) atoms. The van der Waals surface area contributed by atoms with Crippen molar-refractivity contribution in [3.63, 3.8) is 0 Å². The maximum Gasteiger partial charge on any atom is 0.0726 e. The molecule has 1 saturated carbocycles. The Balaban J connectivity index is 1.82. The van der Waals surface area contributed by atoms with Crippen LogP contribution in [0.25, 0.3) is 10.9 Å². The highest BCUT2D eigenvalue weighted by molar-refractivity contribution is 5.92. The number of pyridine rings is 1. The Bertz CT molecular complexity index is 654. The van der Waals surface area contributed by atoms with E-state index in [0.717, 1.165) is 29.4 Å². The molecule has 1 heterocycles. The molecule has 2 heteroatoms. The van der Waals surface area contributed by atoms with Crippen molar-refractivity contribution in [2.45, 2.75) is 51.4 Å². The van der Waals surface area contributed by atoms with E-state index in [2.05, 4.69) is 18.2 Å². The predicted molar refractivity (Wildman–Crippen MR) is 83.7 cm³/mol. The molecule has 2 nitrogen and oxygen atoms in total. The summed E-state index contributed by atoms with van der Waals surface area (Å²) in [4.78, 5) is 4.87. The predicted octanol–water partition coefficient (Wildman–Crippen LogP) is 4.26. The SMILES string of the molecule is Nc1c2c(nc3ccccc13)CCC1(CCCCC1)C2. The van der Waals surface area contributed by atoms with Gasteiger partial charge in [-0.25, -0.2) is 0 Å². The van der Waals surface area contributed by atoms with Crippen LogP contribution >= 0.6 is 0 Å². The van der Waals surface area contributed by atoms with Crippen molar-refractivity contribution in [2.24, 2.45) is 5.41 Å². The van der Waals surface area contributed by atoms with Gasteiger partial charge in [0.05, 0.1) is 5.52 Å². The van der Waals surface area contributed by atoms with E-state index in [0.29, 0.717) is 5.41 Å². The van der Waals surface area contributed by atoms with Crippen LogP contribution in [0.2, 0.25) is 0 Å². The summed E-state index contributed by atoms with van der Waals surface area (Å²) < 4.78 is 0. The van der Waals surface area contributed by atoms with Crippen molar-refractivity contribution in [3.05, 3.63) is 35.5 Å². The normalized spacial score (nSPS) is 21.0. The van der Waals surface area contributed by atoms with E-state index in [1.54, 1.807) is 0 Å². The molecule has 4 rings (SSSR count). The molecule has 1 spiro atoms. The van der Waals surface area contributed by atoms with Gasteiger partial charge < -0.3 is 5.73 Å². The van der Waals surface area contributed by atoms with Crippen LogP contribution in [0.5, 0.6) is 0 Å². The Morgan fingerprint density at radius 2 is 1.80 bits per heavy atom. The average Bonchev–Trinajstić information content (AvgIpc) is 2.50. The summed E-state index contributed by atoms with van der Waals surface area (Å²) >= 11 is 0. The zero-order chi connectivity index (χ0) is 13.6. The fourth-order valence-corrected chi connectivity index (χ4v) is 4.31. The number of fused-ring (bicyclic) bond motifs is 2. The maximum atomic E-state index is 6.49. The van der Waals surface area contributed by atoms with Crippen molar-refractivity contribution < 1.29 is 0 Å². The standard InChI is InChI=1S/C18H22N2/c19-17-13-6-2-3-7-15(13)20-16-8-11-18(12-14(16)17)9-4-1-5-10-18/h2-3,6-7H,1,4-5,8-12H2,(H2,19,20). The van der Waals surface area contributed by atoms with E-state index in [4.69, 9.17) is 10.7 Å². The van der Waals surface area contributed by atoms with Crippen LogP contribution in [-0.2, 0) is 12.8 Å². The van der Waals surface area contributed by atoms with Gasteiger partial charge in [0, 0.05) is 16.8 Å². The van der Waals surface area contributed by atoms with Gasteiger partial charge in [0.15, 0.2) is 0 Å². The van der Waals surface area contributed by atoms with Gasteiger partial charge in [0.2, 0.25) is 0 Å². The minimum Gasteiger partial charge on any atom is -0.398 e. The molecule has 2 N–H and O–H groups in total. The molecule has 2 aromatic rings. The van der Waals surface area contributed by atoms with Crippen LogP contribution in [0.3, 0.4) is 0 Å². The third-order valence-corrected chi connectivity index (χ3v) is 5.48. The monoisotopic (exact) mass is 266 g/mol. The fourth-order valence-electron chi connectivity index (χ4n) is 4.31. The minimum atomic E-state index is 0.531. The molecule has 2 aliphatic carbocycles. The number of anilines is 1. The van der Waals surface area contributed by atoms with Crippen molar-refractivity contribution in [2.75, 3.05) is 5.73 Å². The molecule has 0 saturated heterocycles. The van der Waals surface area contributed by atoms with Gasteiger partial charge in [-0.2, -0.15) is 0 Å². The molecule has 0 unspecified atom stereocenters. The van der Waals surface area contributed by atoms with Gasteiger partial charge in [0.25, 0.3) is 0 Å². The minimum absolute atomic E-state index is 0.531. The van der Waals surface area contributed by atoms with Gasteiger partial charge in [-0.05, 0) is 49.1 Å². The second-order valence-electron chi connectivity index (χ2n) is 6.71. The third-order valence-electron chi connectivity index (χ3n) is 5.48. The fraction of sp³-hybridized carbons (Fsp3) is 0.500. The molecular weight excluding hydrogens is 244 g/mol. The molecule has 0 radical (unpaired) electrons. The Labute approximate surface area is 120 Å². The topological polar surface area (TPSA) is 38.9 Å². The number of aromatic nitrogens is 1. The lowest BCUT2D eigenvalue weighted by Gasteiger charge is -2.41. The van der Waals surface area contributed by atoms with Crippen LogP contribution in [-0.4, -0.2) is 4.98 Å². The summed E-state index contributed by atoms with van der Waals surface area (Å²) in [6, 6.07) is 8.30. The Hall–Kier alpha value is -1.57. The summed E-state index contributed by atoms with van der Waals surface area (Å²) in [5.41, 5.74) is 11.7. The number of nitrogens with two attached hydrogens (primary N) is 1. The van der Waals surface area contributed by atoms with E-state index in [1.165, 1.54) is 49.8 Å². The number of nitrogen functional groups attached to an aromatic ring is 1. The lowest BCUT2D eigenvalue weighted by molar-refractivity contribution is 0.161. The molecule has 1 aromatic carbocycles. The Kier molecular flexibility index (Phi) is 2.73.